The van der Waals surface area contributed by atoms with Gasteiger partial charge in [0, 0.05) is 30.4 Å². The molecule has 0 spiro atoms. The highest BCUT2D eigenvalue weighted by molar-refractivity contribution is 5.54. The zero-order valence-corrected chi connectivity index (χ0v) is 10.5. The maximum absolute atomic E-state index is 13.8. The molecule has 1 aromatic carbocycles. The van der Waals surface area contributed by atoms with Crippen molar-refractivity contribution in [1.29, 1.82) is 0 Å². The van der Waals surface area contributed by atoms with Crippen molar-refractivity contribution in [3.8, 4) is 0 Å². The van der Waals surface area contributed by atoms with E-state index in [0.29, 0.717) is 18.0 Å². The average Bonchev–Trinajstić information content (AvgIpc) is 2.19. The van der Waals surface area contributed by atoms with Crippen LogP contribution in [0.3, 0.4) is 0 Å². The zero-order valence-electron chi connectivity index (χ0n) is 10.5. The second-order valence-electron chi connectivity index (χ2n) is 4.62. The molecule has 0 aliphatic carbocycles. The molecule has 16 heavy (non-hydrogen) atoms. The number of halogens is 1. The van der Waals surface area contributed by atoms with E-state index in [2.05, 4.69) is 18.7 Å². The van der Waals surface area contributed by atoms with E-state index in [1.165, 1.54) is 6.07 Å². The predicted octanol–water partition coefficient (Wildman–Crippen LogP) is 2.56. The van der Waals surface area contributed by atoms with Crippen molar-refractivity contribution in [2.24, 2.45) is 5.73 Å². The van der Waals surface area contributed by atoms with Gasteiger partial charge in [-0.2, -0.15) is 0 Å². The van der Waals surface area contributed by atoms with Crippen LogP contribution in [-0.4, -0.2) is 19.1 Å². The summed E-state index contributed by atoms with van der Waals surface area (Å²) in [6.07, 6.45) is 0.569. The lowest BCUT2D eigenvalue weighted by Crippen LogP contribution is -2.28. The molecule has 0 aromatic heterocycles. The molecule has 0 bridgehead atoms. The smallest absolute Gasteiger partial charge is 0.128 e. The normalized spacial score (nSPS) is 12.9. The van der Waals surface area contributed by atoms with Gasteiger partial charge in [0.2, 0.25) is 0 Å². The Balaban J connectivity index is 3.12. The van der Waals surface area contributed by atoms with Crippen molar-refractivity contribution in [1.82, 2.24) is 0 Å². The zero-order chi connectivity index (χ0) is 12.3. The first kappa shape index (κ1) is 13.0. The summed E-state index contributed by atoms with van der Waals surface area (Å²) in [5.74, 6) is -0.165. The average molecular weight is 224 g/mol. The molecule has 0 amide bonds. The Morgan fingerprint density at radius 1 is 1.31 bits per heavy atom. The lowest BCUT2D eigenvalue weighted by atomic mass is 10.0. The molecule has 0 heterocycles. The second kappa shape index (κ2) is 5.30. The number of benzene rings is 1. The van der Waals surface area contributed by atoms with Gasteiger partial charge in [0.1, 0.15) is 5.82 Å². The van der Waals surface area contributed by atoms with E-state index in [1.54, 1.807) is 6.07 Å². The Labute approximate surface area is 97.3 Å². The van der Waals surface area contributed by atoms with Gasteiger partial charge < -0.3 is 10.6 Å². The van der Waals surface area contributed by atoms with Crippen LogP contribution in [0.15, 0.2) is 18.2 Å². The van der Waals surface area contributed by atoms with Crippen LogP contribution >= 0.6 is 0 Å². The van der Waals surface area contributed by atoms with Gasteiger partial charge in [0.15, 0.2) is 0 Å². The number of nitrogens with zero attached hydrogens (tertiary/aromatic N) is 1. The van der Waals surface area contributed by atoms with E-state index >= 15 is 0 Å². The molecule has 0 aliphatic heterocycles. The van der Waals surface area contributed by atoms with Crippen LogP contribution in [0.25, 0.3) is 0 Å². The Kier molecular flexibility index (Phi) is 4.30. The number of rotatable bonds is 4. The molecule has 0 saturated heterocycles. The Bertz CT molecular complexity index is 348. The fourth-order valence-electron chi connectivity index (χ4n) is 1.68. The quantitative estimate of drug-likeness (QED) is 0.851. The minimum Gasteiger partial charge on any atom is -0.372 e. The summed E-state index contributed by atoms with van der Waals surface area (Å²) in [5, 5.41) is 0. The Hall–Kier alpha value is -1.09. The summed E-state index contributed by atoms with van der Waals surface area (Å²) in [6.45, 7) is 6.06. The SMILES string of the molecule is CC(N)Cc1c(F)cccc1N(C)C(C)C. The van der Waals surface area contributed by atoms with E-state index in [9.17, 15) is 4.39 Å². The first-order chi connectivity index (χ1) is 7.43. The maximum atomic E-state index is 13.8. The molecular formula is C13H21FN2. The number of anilines is 1. The summed E-state index contributed by atoms with van der Waals surface area (Å²) in [5.41, 5.74) is 7.41. The lowest BCUT2D eigenvalue weighted by Gasteiger charge is -2.27. The van der Waals surface area contributed by atoms with E-state index in [-0.39, 0.29) is 11.9 Å². The summed E-state index contributed by atoms with van der Waals surface area (Å²) in [7, 11) is 1.98. The molecule has 2 nitrogen and oxygen atoms in total. The maximum Gasteiger partial charge on any atom is 0.128 e. The molecule has 2 N–H and O–H groups in total. The van der Waals surface area contributed by atoms with Crippen LogP contribution < -0.4 is 10.6 Å². The van der Waals surface area contributed by atoms with Crippen LogP contribution in [0, 0.1) is 5.82 Å². The summed E-state index contributed by atoms with van der Waals surface area (Å²) in [4.78, 5) is 2.07. The molecule has 1 unspecified atom stereocenters. The molecule has 0 fully saturated rings. The van der Waals surface area contributed by atoms with E-state index in [1.807, 2.05) is 20.0 Å². The summed E-state index contributed by atoms with van der Waals surface area (Å²) in [6, 6.07) is 5.49. The van der Waals surface area contributed by atoms with E-state index in [4.69, 9.17) is 5.73 Å². The van der Waals surface area contributed by atoms with E-state index < -0.39 is 0 Å². The molecule has 90 valence electrons. The highest BCUT2D eigenvalue weighted by Crippen LogP contribution is 2.24. The van der Waals surface area contributed by atoms with Crippen LogP contribution in [0.1, 0.15) is 26.3 Å². The standard InChI is InChI=1S/C13H21FN2/c1-9(2)16(4)13-7-5-6-12(14)11(13)8-10(3)15/h5-7,9-10H,8,15H2,1-4H3. The summed E-state index contributed by atoms with van der Waals surface area (Å²) >= 11 is 0. The minimum absolute atomic E-state index is 0.0313. The third-order valence-corrected chi connectivity index (χ3v) is 2.77. The van der Waals surface area contributed by atoms with Gasteiger partial charge in [-0.05, 0) is 39.3 Å². The van der Waals surface area contributed by atoms with Crippen LogP contribution in [0.4, 0.5) is 10.1 Å². The molecule has 0 radical (unpaired) electrons. The van der Waals surface area contributed by atoms with Gasteiger partial charge >= 0.3 is 0 Å². The number of hydrogen-bond acceptors (Lipinski definition) is 2. The molecule has 1 atom stereocenters. The first-order valence-electron chi connectivity index (χ1n) is 5.69. The second-order valence-corrected chi connectivity index (χ2v) is 4.62. The molecular weight excluding hydrogens is 203 g/mol. The van der Waals surface area contributed by atoms with Gasteiger partial charge in [-0.1, -0.05) is 6.07 Å². The highest BCUT2D eigenvalue weighted by Gasteiger charge is 2.14. The molecule has 1 aromatic rings. The summed E-state index contributed by atoms with van der Waals surface area (Å²) < 4.78 is 13.8. The van der Waals surface area contributed by atoms with Gasteiger partial charge in [0.05, 0.1) is 0 Å². The number of hydrogen-bond donors (Lipinski definition) is 1. The molecule has 1 rings (SSSR count). The third-order valence-electron chi connectivity index (χ3n) is 2.77. The lowest BCUT2D eigenvalue weighted by molar-refractivity contribution is 0.593. The fraction of sp³-hybridized carbons (Fsp3) is 0.538. The molecule has 0 saturated carbocycles. The topological polar surface area (TPSA) is 29.3 Å². The molecule has 3 heteroatoms. The van der Waals surface area contributed by atoms with Crippen molar-refractivity contribution in [3.63, 3.8) is 0 Å². The largest absolute Gasteiger partial charge is 0.372 e. The van der Waals surface area contributed by atoms with Crippen LogP contribution in [0.5, 0.6) is 0 Å². The fourth-order valence-corrected chi connectivity index (χ4v) is 1.68. The predicted molar refractivity (Wildman–Crippen MR) is 67.3 cm³/mol. The van der Waals surface area contributed by atoms with Crippen molar-refractivity contribution in [2.75, 3.05) is 11.9 Å². The Morgan fingerprint density at radius 3 is 2.44 bits per heavy atom. The minimum atomic E-state index is -0.165. The van der Waals surface area contributed by atoms with Crippen molar-refractivity contribution >= 4 is 5.69 Å². The monoisotopic (exact) mass is 224 g/mol. The van der Waals surface area contributed by atoms with Crippen molar-refractivity contribution in [3.05, 3.63) is 29.6 Å². The van der Waals surface area contributed by atoms with Gasteiger partial charge in [-0.3, -0.25) is 0 Å². The molecule has 0 aliphatic rings. The van der Waals surface area contributed by atoms with Gasteiger partial charge in [0.25, 0.3) is 0 Å². The van der Waals surface area contributed by atoms with Gasteiger partial charge in [-0.25, -0.2) is 4.39 Å². The van der Waals surface area contributed by atoms with Crippen LogP contribution in [0.2, 0.25) is 0 Å². The van der Waals surface area contributed by atoms with E-state index in [0.717, 1.165) is 5.69 Å². The number of nitrogens with two attached hydrogens (primary N) is 1. The van der Waals surface area contributed by atoms with Crippen LogP contribution in [-0.2, 0) is 6.42 Å². The van der Waals surface area contributed by atoms with Crippen molar-refractivity contribution < 1.29 is 4.39 Å². The van der Waals surface area contributed by atoms with Crippen molar-refractivity contribution in [2.45, 2.75) is 39.3 Å². The first-order valence-corrected chi connectivity index (χ1v) is 5.69. The highest BCUT2D eigenvalue weighted by atomic mass is 19.1. The van der Waals surface area contributed by atoms with Gasteiger partial charge in [-0.15, -0.1) is 0 Å². The third kappa shape index (κ3) is 2.95. The Morgan fingerprint density at radius 2 is 1.94 bits per heavy atom.